The molecule has 0 saturated carbocycles. The Balaban J connectivity index is 2.17. The van der Waals surface area contributed by atoms with Crippen molar-refractivity contribution in [3.8, 4) is 5.75 Å². The number of carbonyl (C=O) groups is 1. The summed E-state index contributed by atoms with van der Waals surface area (Å²) >= 11 is 0. The smallest absolute Gasteiger partial charge is 0.338 e. The second-order valence-electron chi connectivity index (χ2n) is 4.10. The predicted molar refractivity (Wildman–Crippen MR) is 67.4 cm³/mol. The summed E-state index contributed by atoms with van der Waals surface area (Å²) in [5, 5.41) is 12.7. The van der Waals surface area contributed by atoms with Crippen LogP contribution in [0, 0.1) is 0 Å². The monoisotopic (exact) mass is 253 g/mol. The van der Waals surface area contributed by atoms with Gasteiger partial charge in [0, 0.05) is 13.1 Å². The van der Waals surface area contributed by atoms with Crippen molar-refractivity contribution in [3.05, 3.63) is 30.3 Å². The highest BCUT2D eigenvalue weighted by atomic mass is 16.5. The highest BCUT2D eigenvalue weighted by molar-refractivity contribution is 5.78. The van der Waals surface area contributed by atoms with Crippen LogP contribution in [0.2, 0.25) is 0 Å². The second kappa shape index (κ2) is 6.98. The molecule has 0 spiro atoms. The fraction of sp³-hybridized carbons (Fsp3) is 0.462. The number of benzene rings is 1. The van der Waals surface area contributed by atoms with E-state index in [4.69, 9.17) is 4.74 Å². The van der Waals surface area contributed by atoms with Crippen molar-refractivity contribution in [2.45, 2.75) is 12.5 Å². The number of hydrogen-bond donors (Lipinski definition) is 2. The van der Waals surface area contributed by atoms with E-state index in [-0.39, 0.29) is 6.54 Å². The molecule has 0 saturated heterocycles. The van der Waals surface area contributed by atoms with Gasteiger partial charge in [0.05, 0.1) is 7.11 Å². The standard InChI is InChI=1S/C13H19NO4/c1-13(16,12(15)17-2)10-14-8-9-18-11-6-4-3-5-7-11/h3-7,14,16H,8-10H2,1-2H3. The van der Waals surface area contributed by atoms with Gasteiger partial charge in [0.15, 0.2) is 5.60 Å². The van der Waals surface area contributed by atoms with Crippen molar-refractivity contribution in [2.75, 3.05) is 26.8 Å². The first-order valence-electron chi connectivity index (χ1n) is 5.75. The summed E-state index contributed by atoms with van der Waals surface area (Å²) in [7, 11) is 1.25. The summed E-state index contributed by atoms with van der Waals surface area (Å²) in [6, 6.07) is 9.43. The minimum Gasteiger partial charge on any atom is -0.492 e. The molecule has 0 aliphatic rings. The molecule has 0 radical (unpaired) electrons. The first-order valence-corrected chi connectivity index (χ1v) is 5.75. The first kappa shape index (κ1) is 14.5. The van der Waals surface area contributed by atoms with Crippen LogP contribution in [0.15, 0.2) is 30.3 Å². The van der Waals surface area contributed by atoms with Gasteiger partial charge in [-0.05, 0) is 19.1 Å². The van der Waals surface area contributed by atoms with Gasteiger partial charge < -0.3 is 19.9 Å². The van der Waals surface area contributed by atoms with E-state index in [9.17, 15) is 9.90 Å². The van der Waals surface area contributed by atoms with E-state index in [1.807, 2.05) is 30.3 Å². The van der Waals surface area contributed by atoms with Crippen LogP contribution in [0.5, 0.6) is 5.75 Å². The molecule has 1 rings (SSSR count). The molecule has 0 bridgehead atoms. The van der Waals surface area contributed by atoms with E-state index in [1.165, 1.54) is 14.0 Å². The van der Waals surface area contributed by atoms with Crippen LogP contribution in [0.3, 0.4) is 0 Å². The number of ether oxygens (including phenoxy) is 2. The Morgan fingerprint density at radius 2 is 2.06 bits per heavy atom. The Labute approximate surface area is 107 Å². The van der Waals surface area contributed by atoms with E-state index < -0.39 is 11.6 Å². The highest BCUT2D eigenvalue weighted by Crippen LogP contribution is 2.07. The van der Waals surface area contributed by atoms with Crippen LogP contribution in [-0.4, -0.2) is 43.5 Å². The number of rotatable bonds is 7. The fourth-order valence-corrected chi connectivity index (χ4v) is 1.38. The van der Waals surface area contributed by atoms with Crippen LogP contribution < -0.4 is 10.1 Å². The number of nitrogens with one attached hydrogen (secondary N) is 1. The van der Waals surface area contributed by atoms with Gasteiger partial charge >= 0.3 is 5.97 Å². The zero-order valence-corrected chi connectivity index (χ0v) is 10.7. The van der Waals surface area contributed by atoms with Gasteiger partial charge in [-0.1, -0.05) is 18.2 Å². The minimum atomic E-state index is -1.51. The van der Waals surface area contributed by atoms with Gasteiger partial charge in [-0.2, -0.15) is 0 Å². The molecule has 5 heteroatoms. The molecular weight excluding hydrogens is 234 g/mol. The number of para-hydroxylation sites is 1. The van der Waals surface area contributed by atoms with Gasteiger partial charge in [0.25, 0.3) is 0 Å². The van der Waals surface area contributed by atoms with Crippen LogP contribution in [-0.2, 0) is 9.53 Å². The van der Waals surface area contributed by atoms with Crippen molar-refractivity contribution in [3.63, 3.8) is 0 Å². The summed E-state index contributed by atoms with van der Waals surface area (Å²) in [4.78, 5) is 11.2. The van der Waals surface area contributed by atoms with E-state index >= 15 is 0 Å². The van der Waals surface area contributed by atoms with Gasteiger partial charge in [-0.15, -0.1) is 0 Å². The molecule has 0 fully saturated rings. The average Bonchev–Trinajstić information content (AvgIpc) is 2.38. The zero-order valence-electron chi connectivity index (χ0n) is 10.7. The molecule has 1 aromatic carbocycles. The maximum atomic E-state index is 11.2. The topological polar surface area (TPSA) is 67.8 Å². The van der Waals surface area contributed by atoms with E-state index in [2.05, 4.69) is 10.1 Å². The molecule has 1 atom stereocenters. The Morgan fingerprint density at radius 1 is 1.39 bits per heavy atom. The first-order chi connectivity index (χ1) is 8.56. The third-order valence-electron chi connectivity index (χ3n) is 2.39. The van der Waals surface area contributed by atoms with E-state index in [0.717, 1.165) is 5.75 Å². The van der Waals surface area contributed by atoms with Crippen LogP contribution >= 0.6 is 0 Å². The van der Waals surface area contributed by atoms with E-state index in [0.29, 0.717) is 13.2 Å². The number of methoxy groups -OCH3 is 1. The molecule has 0 aromatic heterocycles. The third kappa shape index (κ3) is 4.73. The molecule has 18 heavy (non-hydrogen) atoms. The van der Waals surface area contributed by atoms with Crippen molar-refractivity contribution < 1.29 is 19.4 Å². The lowest BCUT2D eigenvalue weighted by Gasteiger charge is -2.20. The molecule has 0 aliphatic carbocycles. The van der Waals surface area contributed by atoms with Gasteiger partial charge in [0.2, 0.25) is 0 Å². The lowest BCUT2D eigenvalue weighted by molar-refractivity contribution is -0.159. The number of aliphatic hydroxyl groups is 1. The van der Waals surface area contributed by atoms with Crippen molar-refractivity contribution >= 4 is 5.97 Å². The number of esters is 1. The second-order valence-corrected chi connectivity index (χ2v) is 4.10. The van der Waals surface area contributed by atoms with Gasteiger partial charge in [-0.25, -0.2) is 4.79 Å². The van der Waals surface area contributed by atoms with Crippen LogP contribution in [0.1, 0.15) is 6.92 Å². The van der Waals surface area contributed by atoms with Crippen molar-refractivity contribution in [1.82, 2.24) is 5.32 Å². The predicted octanol–water partition coefficient (Wildman–Crippen LogP) is 0.579. The lowest BCUT2D eigenvalue weighted by Crippen LogP contribution is -2.46. The SMILES string of the molecule is COC(=O)C(C)(O)CNCCOc1ccccc1. The Morgan fingerprint density at radius 3 is 2.67 bits per heavy atom. The molecular formula is C13H19NO4. The fourth-order valence-electron chi connectivity index (χ4n) is 1.38. The van der Waals surface area contributed by atoms with Crippen molar-refractivity contribution in [1.29, 1.82) is 0 Å². The number of hydrogen-bond acceptors (Lipinski definition) is 5. The van der Waals surface area contributed by atoms with Gasteiger partial charge in [0.1, 0.15) is 12.4 Å². The summed E-state index contributed by atoms with van der Waals surface area (Å²) in [5.74, 6) is 0.137. The number of carbonyl (C=O) groups excluding carboxylic acids is 1. The third-order valence-corrected chi connectivity index (χ3v) is 2.39. The Bertz CT molecular complexity index is 365. The van der Waals surface area contributed by atoms with Crippen molar-refractivity contribution in [2.24, 2.45) is 0 Å². The maximum absolute atomic E-state index is 11.2. The Kier molecular flexibility index (Phi) is 5.61. The largest absolute Gasteiger partial charge is 0.492 e. The summed E-state index contributed by atoms with van der Waals surface area (Å²) in [5.41, 5.74) is -1.51. The van der Waals surface area contributed by atoms with E-state index in [1.54, 1.807) is 0 Å². The Hall–Kier alpha value is -1.59. The molecule has 1 aromatic rings. The molecule has 0 heterocycles. The normalized spacial score (nSPS) is 13.7. The molecule has 5 nitrogen and oxygen atoms in total. The zero-order chi connectivity index (χ0) is 13.4. The molecule has 1 unspecified atom stereocenters. The summed E-state index contributed by atoms with van der Waals surface area (Å²) in [6.07, 6.45) is 0. The summed E-state index contributed by atoms with van der Waals surface area (Å²) in [6.45, 7) is 2.52. The van der Waals surface area contributed by atoms with Crippen LogP contribution in [0.4, 0.5) is 0 Å². The minimum absolute atomic E-state index is 0.123. The summed E-state index contributed by atoms with van der Waals surface area (Å²) < 4.78 is 9.93. The maximum Gasteiger partial charge on any atom is 0.338 e. The quantitative estimate of drug-likeness (QED) is 0.549. The van der Waals surface area contributed by atoms with Crippen LogP contribution in [0.25, 0.3) is 0 Å². The molecule has 100 valence electrons. The average molecular weight is 253 g/mol. The molecule has 2 N–H and O–H groups in total. The molecule has 0 amide bonds. The lowest BCUT2D eigenvalue weighted by atomic mass is 10.1. The molecule has 0 aliphatic heterocycles. The van der Waals surface area contributed by atoms with Gasteiger partial charge in [-0.3, -0.25) is 0 Å². The highest BCUT2D eigenvalue weighted by Gasteiger charge is 2.30.